The van der Waals surface area contributed by atoms with Crippen LogP contribution >= 0.6 is 0 Å². The van der Waals surface area contributed by atoms with Crippen LogP contribution in [0.3, 0.4) is 0 Å². The van der Waals surface area contributed by atoms with Gasteiger partial charge in [0, 0.05) is 0 Å². The quantitative estimate of drug-likeness (QED) is 0.753. The van der Waals surface area contributed by atoms with E-state index in [1.165, 1.54) is 24.8 Å². The summed E-state index contributed by atoms with van der Waals surface area (Å²) >= 11 is 0. The highest BCUT2D eigenvalue weighted by Gasteiger charge is 2.34. The largest absolute Gasteiger partial charge is 0.198 e. The smallest absolute Gasteiger partial charge is 0.0693 e. The zero-order valence-corrected chi connectivity index (χ0v) is 10.7. The van der Waals surface area contributed by atoms with Crippen molar-refractivity contribution in [3.63, 3.8) is 0 Å². The second-order valence-corrected chi connectivity index (χ2v) is 5.41. The van der Waals surface area contributed by atoms with Crippen LogP contribution in [0, 0.1) is 22.7 Å². The molecule has 0 heterocycles. The fourth-order valence-corrected chi connectivity index (χ4v) is 2.95. The van der Waals surface area contributed by atoms with Crippen molar-refractivity contribution < 1.29 is 0 Å². The van der Waals surface area contributed by atoms with Gasteiger partial charge in [0.1, 0.15) is 0 Å². The highest BCUT2D eigenvalue weighted by molar-refractivity contribution is 5.19. The van der Waals surface area contributed by atoms with Crippen LogP contribution in [0.25, 0.3) is 0 Å². The van der Waals surface area contributed by atoms with Gasteiger partial charge in [-0.2, -0.15) is 5.26 Å². The van der Waals surface area contributed by atoms with Crippen molar-refractivity contribution in [1.82, 2.24) is 0 Å². The first kappa shape index (κ1) is 12.2. The van der Waals surface area contributed by atoms with E-state index in [9.17, 15) is 5.26 Å². The van der Waals surface area contributed by atoms with Gasteiger partial charge in [0.15, 0.2) is 0 Å². The lowest BCUT2D eigenvalue weighted by Crippen LogP contribution is -2.28. The van der Waals surface area contributed by atoms with Crippen molar-refractivity contribution in [2.24, 2.45) is 11.3 Å². The molecule has 1 nitrogen and oxygen atoms in total. The molecule has 1 aliphatic carbocycles. The molecular weight excluding hydrogens is 206 g/mol. The van der Waals surface area contributed by atoms with Gasteiger partial charge in [0.25, 0.3) is 0 Å². The maximum Gasteiger partial charge on any atom is 0.0693 e. The van der Waals surface area contributed by atoms with Crippen LogP contribution in [0.4, 0.5) is 0 Å². The maximum atomic E-state index is 9.51. The first-order valence-electron chi connectivity index (χ1n) is 6.73. The van der Waals surface area contributed by atoms with Crippen molar-refractivity contribution >= 4 is 0 Å². The Bertz CT molecular complexity index is 380. The predicted molar refractivity (Wildman–Crippen MR) is 70.4 cm³/mol. The molecule has 1 fully saturated rings. The number of hydrogen-bond donors (Lipinski definition) is 0. The molecule has 0 amide bonds. The van der Waals surface area contributed by atoms with Crippen LogP contribution in [0.15, 0.2) is 30.3 Å². The van der Waals surface area contributed by atoms with E-state index >= 15 is 0 Å². The minimum Gasteiger partial charge on any atom is -0.198 e. The molecule has 90 valence electrons. The predicted octanol–water partition coefficient (Wildman–Crippen LogP) is 4.34. The van der Waals surface area contributed by atoms with Crippen molar-refractivity contribution in [3.8, 4) is 6.07 Å². The molecule has 0 spiro atoms. The molecule has 2 rings (SSSR count). The molecule has 1 aromatic carbocycles. The average molecular weight is 227 g/mol. The number of rotatable bonds is 3. The minimum absolute atomic E-state index is 0.0903. The molecule has 0 aliphatic heterocycles. The Hall–Kier alpha value is -1.29. The van der Waals surface area contributed by atoms with Gasteiger partial charge in [-0.15, -0.1) is 0 Å². The number of hydrogen-bond acceptors (Lipinski definition) is 1. The van der Waals surface area contributed by atoms with Crippen LogP contribution < -0.4 is 0 Å². The third-order valence-electron chi connectivity index (χ3n) is 4.26. The molecule has 0 N–H and O–H groups in total. The molecule has 0 atom stereocenters. The zero-order chi connectivity index (χ0) is 12.1. The van der Waals surface area contributed by atoms with E-state index in [1.54, 1.807) is 0 Å². The van der Waals surface area contributed by atoms with E-state index in [4.69, 9.17) is 0 Å². The lowest BCUT2D eigenvalue weighted by atomic mass is 9.68. The number of benzene rings is 1. The van der Waals surface area contributed by atoms with Crippen molar-refractivity contribution in [1.29, 1.82) is 5.26 Å². The van der Waals surface area contributed by atoms with Crippen molar-refractivity contribution in [3.05, 3.63) is 35.9 Å². The van der Waals surface area contributed by atoms with Crippen LogP contribution in [0.2, 0.25) is 0 Å². The van der Waals surface area contributed by atoms with Gasteiger partial charge < -0.3 is 0 Å². The molecule has 0 saturated heterocycles. The third kappa shape index (κ3) is 2.88. The molecule has 0 bridgehead atoms. The van der Waals surface area contributed by atoms with E-state index in [0.29, 0.717) is 0 Å². The fraction of sp³-hybridized carbons (Fsp3) is 0.562. The normalized spacial score (nSPS) is 28.6. The van der Waals surface area contributed by atoms with E-state index in [0.717, 1.165) is 25.2 Å². The summed E-state index contributed by atoms with van der Waals surface area (Å²) in [6, 6.07) is 13.1. The minimum atomic E-state index is -0.0903. The second kappa shape index (κ2) is 5.36. The Kier molecular flexibility index (Phi) is 3.84. The first-order valence-corrected chi connectivity index (χ1v) is 6.73. The van der Waals surface area contributed by atoms with Gasteiger partial charge in [-0.25, -0.2) is 0 Å². The highest BCUT2D eigenvalue weighted by atomic mass is 14.4. The number of nitriles is 1. The lowest BCUT2D eigenvalue weighted by molar-refractivity contribution is 0.205. The Balaban J connectivity index is 2.05. The monoisotopic (exact) mass is 227 g/mol. The molecule has 1 heteroatoms. The topological polar surface area (TPSA) is 23.8 Å². The maximum absolute atomic E-state index is 9.51. The van der Waals surface area contributed by atoms with Crippen LogP contribution in [-0.2, 0) is 6.42 Å². The van der Waals surface area contributed by atoms with Gasteiger partial charge >= 0.3 is 0 Å². The summed E-state index contributed by atoms with van der Waals surface area (Å²) in [7, 11) is 0. The molecule has 0 radical (unpaired) electrons. The Morgan fingerprint density at radius 1 is 1.24 bits per heavy atom. The van der Waals surface area contributed by atoms with Crippen LogP contribution in [0.5, 0.6) is 0 Å². The highest BCUT2D eigenvalue weighted by Crippen LogP contribution is 2.41. The number of nitrogens with zero attached hydrogens (tertiary/aromatic N) is 1. The molecule has 0 aromatic heterocycles. The summed E-state index contributed by atoms with van der Waals surface area (Å²) in [5, 5.41) is 9.51. The van der Waals surface area contributed by atoms with E-state index in [2.05, 4.69) is 37.3 Å². The molecule has 17 heavy (non-hydrogen) atoms. The Labute approximate surface area is 104 Å². The van der Waals surface area contributed by atoms with E-state index in [-0.39, 0.29) is 5.41 Å². The summed E-state index contributed by atoms with van der Waals surface area (Å²) in [5.74, 6) is 0.854. The summed E-state index contributed by atoms with van der Waals surface area (Å²) in [6.07, 6.45) is 6.83. The summed E-state index contributed by atoms with van der Waals surface area (Å²) in [6.45, 7) is 2.27. The first-order chi connectivity index (χ1) is 8.28. The SMILES string of the molecule is CCC1CCC(C#N)(Cc2ccccc2)CC1. The molecule has 1 saturated carbocycles. The van der Waals surface area contributed by atoms with Crippen LogP contribution in [0.1, 0.15) is 44.6 Å². The van der Waals surface area contributed by atoms with Gasteiger partial charge in [0.2, 0.25) is 0 Å². The average Bonchev–Trinajstić information content (AvgIpc) is 2.41. The van der Waals surface area contributed by atoms with Gasteiger partial charge in [-0.3, -0.25) is 0 Å². The zero-order valence-electron chi connectivity index (χ0n) is 10.7. The lowest BCUT2D eigenvalue weighted by Gasteiger charge is -2.34. The molecular formula is C16H21N. The third-order valence-corrected chi connectivity index (χ3v) is 4.26. The summed E-state index contributed by atoms with van der Waals surface area (Å²) in [4.78, 5) is 0. The standard InChI is InChI=1S/C16H21N/c1-2-14-8-10-16(13-17,11-9-14)12-15-6-4-3-5-7-15/h3-7,14H,2,8-12H2,1H3. The van der Waals surface area contributed by atoms with Crippen molar-refractivity contribution in [2.75, 3.05) is 0 Å². The Morgan fingerprint density at radius 2 is 1.88 bits per heavy atom. The van der Waals surface area contributed by atoms with Crippen LogP contribution in [-0.4, -0.2) is 0 Å². The fourth-order valence-electron chi connectivity index (χ4n) is 2.95. The summed E-state index contributed by atoms with van der Waals surface area (Å²) < 4.78 is 0. The molecule has 0 unspecified atom stereocenters. The summed E-state index contributed by atoms with van der Waals surface area (Å²) in [5.41, 5.74) is 1.22. The Morgan fingerprint density at radius 3 is 2.41 bits per heavy atom. The van der Waals surface area contributed by atoms with Gasteiger partial charge in [-0.05, 0) is 43.6 Å². The van der Waals surface area contributed by atoms with Gasteiger partial charge in [0.05, 0.1) is 11.5 Å². The van der Waals surface area contributed by atoms with E-state index < -0.39 is 0 Å². The molecule has 1 aromatic rings. The van der Waals surface area contributed by atoms with E-state index in [1.807, 2.05) is 6.07 Å². The van der Waals surface area contributed by atoms with Gasteiger partial charge in [-0.1, -0.05) is 43.7 Å². The second-order valence-electron chi connectivity index (χ2n) is 5.41. The molecule has 1 aliphatic rings. The van der Waals surface area contributed by atoms with Crippen molar-refractivity contribution in [2.45, 2.75) is 45.4 Å².